The van der Waals surface area contributed by atoms with Crippen molar-refractivity contribution >= 4 is 0 Å². The van der Waals surface area contributed by atoms with E-state index in [2.05, 4.69) is 17.1 Å². The van der Waals surface area contributed by atoms with Crippen molar-refractivity contribution in [2.24, 2.45) is 5.73 Å². The van der Waals surface area contributed by atoms with Crippen molar-refractivity contribution < 1.29 is 4.74 Å². The number of nitrogens with zero attached hydrogens (tertiary/aromatic N) is 1. The van der Waals surface area contributed by atoms with Gasteiger partial charge in [0.15, 0.2) is 0 Å². The highest BCUT2D eigenvalue weighted by Crippen LogP contribution is 2.30. The van der Waals surface area contributed by atoms with Crippen molar-refractivity contribution in [2.45, 2.75) is 32.2 Å². The number of nitrogens with two attached hydrogens (primary N) is 1. The molecule has 0 spiro atoms. The van der Waals surface area contributed by atoms with Gasteiger partial charge in [-0.05, 0) is 55.5 Å². The van der Waals surface area contributed by atoms with Crippen LogP contribution in [0.3, 0.4) is 0 Å². The molecule has 0 saturated carbocycles. The molecule has 1 heterocycles. The summed E-state index contributed by atoms with van der Waals surface area (Å²) in [6.07, 6.45) is 5.31. The lowest BCUT2D eigenvalue weighted by molar-refractivity contribution is 0.451. The summed E-state index contributed by atoms with van der Waals surface area (Å²) < 4.78 is 5.90. The molecule has 3 heteroatoms. The second kappa shape index (κ2) is 5.02. The van der Waals surface area contributed by atoms with E-state index in [4.69, 9.17) is 10.5 Å². The van der Waals surface area contributed by atoms with E-state index in [0.29, 0.717) is 5.88 Å². The Kier molecular flexibility index (Phi) is 3.22. The van der Waals surface area contributed by atoms with Gasteiger partial charge in [0.1, 0.15) is 5.75 Å². The van der Waals surface area contributed by atoms with E-state index >= 15 is 0 Å². The van der Waals surface area contributed by atoms with Crippen molar-refractivity contribution in [1.82, 2.24) is 4.98 Å². The third kappa shape index (κ3) is 2.47. The quantitative estimate of drug-likeness (QED) is 0.913. The first-order valence-corrected chi connectivity index (χ1v) is 6.74. The largest absolute Gasteiger partial charge is 0.439 e. The molecule has 3 rings (SSSR count). The number of rotatable bonds is 3. The maximum absolute atomic E-state index is 5.94. The monoisotopic (exact) mass is 254 g/mol. The van der Waals surface area contributed by atoms with Gasteiger partial charge in [-0.25, -0.2) is 4.98 Å². The molecule has 1 aromatic heterocycles. The molecule has 0 fully saturated rings. The molecule has 0 amide bonds. The summed E-state index contributed by atoms with van der Waals surface area (Å²) >= 11 is 0. The van der Waals surface area contributed by atoms with Crippen molar-refractivity contribution in [2.75, 3.05) is 0 Å². The fourth-order valence-electron chi connectivity index (χ4n) is 2.56. The van der Waals surface area contributed by atoms with Crippen LogP contribution in [-0.4, -0.2) is 4.98 Å². The molecular weight excluding hydrogens is 236 g/mol. The molecule has 1 aromatic carbocycles. The van der Waals surface area contributed by atoms with Crippen LogP contribution in [0.15, 0.2) is 36.5 Å². The predicted molar refractivity (Wildman–Crippen MR) is 75.4 cm³/mol. The molecule has 0 radical (unpaired) electrons. The van der Waals surface area contributed by atoms with E-state index in [-0.39, 0.29) is 6.04 Å². The molecule has 1 atom stereocenters. The van der Waals surface area contributed by atoms with Crippen LogP contribution in [0, 0.1) is 0 Å². The van der Waals surface area contributed by atoms with Crippen molar-refractivity contribution in [3.8, 4) is 11.6 Å². The highest BCUT2D eigenvalue weighted by atomic mass is 16.5. The number of hydrogen-bond acceptors (Lipinski definition) is 3. The summed E-state index contributed by atoms with van der Waals surface area (Å²) in [5, 5.41) is 0. The van der Waals surface area contributed by atoms with Gasteiger partial charge >= 0.3 is 0 Å². The van der Waals surface area contributed by atoms with Crippen LogP contribution in [0.4, 0.5) is 0 Å². The Morgan fingerprint density at radius 2 is 2.05 bits per heavy atom. The average Bonchev–Trinajstić information content (AvgIpc) is 2.86. The third-order valence-electron chi connectivity index (χ3n) is 3.58. The van der Waals surface area contributed by atoms with E-state index in [0.717, 1.165) is 17.7 Å². The number of ether oxygens (including phenoxy) is 1. The van der Waals surface area contributed by atoms with Crippen LogP contribution >= 0.6 is 0 Å². The maximum atomic E-state index is 5.94. The Morgan fingerprint density at radius 3 is 2.89 bits per heavy atom. The van der Waals surface area contributed by atoms with Crippen molar-refractivity contribution in [3.63, 3.8) is 0 Å². The Labute approximate surface area is 113 Å². The molecular formula is C16H18N2O. The van der Waals surface area contributed by atoms with Crippen LogP contribution in [-0.2, 0) is 12.8 Å². The number of pyridine rings is 1. The Bertz CT molecular complexity index is 593. The average molecular weight is 254 g/mol. The maximum Gasteiger partial charge on any atom is 0.223 e. The molecule has 98 valence electrons. The molecule has 0 bridgehead atoms. The second-order valence-electron chi connectivity index (χ2n) is 5.07. The molecule has 0 aliphatic heterocycles. The lowest BCUT2D eigenvalue weighted by Crippen LogP contribution is -2.07. The summed E-state index contributed by atoms with van der Waals surface area (Å²) in [6, 6.07) is 10.1. The minimum atomic E-state index is -0.0851. The SMILES string of the molecule is C[C@@H](N)c1cccnc1Oc1ccc2c(c1)CCC2. The molecule has 3 nitrogen and oxygen atoms in total. The molecule has 2 N–H and O–H groups in total. The van der Waals surface area contributed by atoms with Crippen molar-refractivity contribution in [3.05, 3.63) is 53.2 Å². The zero-order valence-corrected chi connectivity index (χ0v) is 11.1. The van der Waals surface area contributed by atoms with Gasteiger partial charge in [0, 0.05) is 17.8 Å². The Balaban J connectivity index is 1.89. The summed E-state index contributed by atoms with van der Waals surface area (Å²) in [5.41, 5.74) is 9.72. The third-order valence-corrected chi connectivity index (χ3v) is 3.58. The van der Waals surface area contributed by atoms with Crippen LogP contribution in [0.1, 0.15) is 36.1 Å². The van der Waals surface area contributed by atoms with E-state index in [1.165, 1.54) is 24.0 Å². The first kappa shape index (κ1) is 12.2. The predicted octanol–water partition coefficient (Wildman–Crippen LogP) is 3.38. The topological polar surface area (TPSA) is 48.1 Å². The normalized spacial score (nSPS) is 15.1. The minimum Gasteiger partial charge on any atom is -0.439 e. The summed E-state index contributed by atoms with van der Waals surface area (Å²) in [4.78, 5) is 4.29. The molecule has 0 saturated heterocycles. The molecule has 1 aliphatic carbocycles. The van der Waals surface area contributed by atoms with Gasteiger partial charge in [-0.2, -0.15) is 0 Å². The summed E-state index contributed by atoms with van der Waals surface area (Å²) in [7, 11) is 0. The van der Waals surface area contributed by atoms with Crippen LogP contribution in [0.2, 0.25) is 0 Å². The fraction of sp³-hybridized carbons (Fsp3) is 0.312. The van der Waals surface area contributed by atoms with Crippen LogP contribution < -0.4 is 10.5 Å². The van der Waals surface area contributed by atoms with Gasteiger partial charge in [0.2, 0.25) is 5.88 Å². The summed E-state index contributed by atoms with van der Waals surface area (Å²) in [5.74, 6) is 1.46. The Hall–Kier alpha value is -1.87. The van der Waals surface area contributed by atoms with Gasteiger partial charge in [-0.1, -0.05) is 12.1 Å². The van der Waals surface area contributed by atoms with Crippen molar-refractivity contribution in [1.29, 1.82) is 0 Å². The first-order chi connectivity index (χ1) is 9.24. The summed E-state index contributed by atoms with van der Waals surface area (Å²) in [6.45, 7) is 1.94. The number of hydrogen-bond donors (Lipinski definition) is 1. The van der Waals surface area contributed by atoms with Gasteiger partial charge in [0.05, 0.1) is 0 Å². The van der Waals surface area contributed by atoms with E-state index in [9.17, 15) is 0 Å². The van der Waals surface area contributed by atoms with E-state index < -0.39 is 0 Å². The first-order valence-electron chi connectivity index (χ1n) is 6.74. The van der Waals surface area contributed by atoms with Gasteiger partial charge < -0.3 is 10.5 Å². The highest BCUT2D eigenvalue weighted by Gasteiger charge is 2.13. The van der Waals surface area contributed by atoms with Gasteiger partial charge in [-0.15, -0.1) is 0 Å². The number of aromatic nitrogens is 1. The number of fused-ring (bicyclic) bond motifs is 1. The number of aryl methyl sites for hydroxylation is 2. The lowest BCUT2D eigenvalue weighted by atomic mass is 10.1. The molecule has 2 aromatic rings. The second-order valence-corrected chi connectivity index (χ2v) is 5.07. The fourth-order valence-corrected chi connectivity index (χ4v) is 2.56. The van der Waals surface area contributed by atoms with Gasteiger partial charge in [0.25, 0.3) is 0 Å². The zero-order valence-electron chi connectivity index (χ0n) is 11.1. The Morgan fingerprint density at radius 1 is 1.21 bits per heavy atom. The standard InChI is InChI=1S/C16H18N2O/c1-11(17)15-6-3-9-18-16(15)19-14-8-7-12-4-2-5-13(12)10-14/h3,6-11H,2,4-5,17H2,1H3/t11-/m1/s1. The number of benzene rings is 1. The van der Waals surface area contributed by atoms with E-state index in [1.807, 2.05) is 25.1 Å². The van der Waals surface area contributed by atoms with E-state index in [1.54, 1.807) is 6.20 Å². The van der Waals surface area contributed by atoms with Gasteiger partial charge in [-0.3, -0.25) is 0 Å². The minimum absolute atomic E-state index is 0.0851. The smallest absolute Gasteiger partial charge is 0.223 e. The molecule has 1 aliphatic rings. The van der Waals surface area contributed by atoms with Crippen LogP contribution in [0.25, 0.3) is 0 Å². The molecule has 0 unspecified atom stereocenters. The molecule has 19 heavy (non-hydrogen) atoms. The highest BCUT2D eigenvalue weighted by molar-refractivity contribution is 5.41. The van der Waals surface area contributed by atoms with Crippen LogP contribution in [0.5, 0.6) is 11.6 Å². The zero-order chi connectivity index (χ0) is 13.2. The lowest BCUT2D eigenvalue weighted by Gasteiger charge is -2.12.